The number of unbranched alkanes of at least 4 members (excludes halogenated alkanes) is 5. The molecule has 0 fully saturated rings. The Bertz CT molecular complexity index is 94.1. The molecule has 80 valence electrons. The lowest BCUT2D eigenvalue weighted by atomic mass is 10.1. The van der Waals surface area contributed by atoms with Crippen LogP contribution in [0.15, 0.2) is 0 Å². The van der Waals surface area contributed by atoms with Gasteiger partial charge in [-0.1, -0.05) is 39.0 Å². The van der Waals surface area contributed by atoms with Crippen LogP contribution in [0.2, 0.25) is 0 Å². The van der Waals surface area contributed by atoms with Gasteiger partial charge in [0.05, 0.1) is 0 Å². The zero-order chi connectivity index (χ0) is 9.94. The fraction of sp³-hybridized carbons (Fsp3) is 1.00. The van der Waals surface area contributed by atoms with Crippen molar-refractivity contribution in [2.75, 3.05) is 13.1 Å². The zero-order valence-electron chi connectivity index (χ0n) is 9.31. The Labute approximate surface area is 83.3 Å². The van der Waals surface area contributed by atoms with E-state index in [0.29, 0.717) is 6.04 Å². The van der Waals surface area contributed by atoms with Gasteiger partial charge in [0, 0.05) is 12.6 Å². The molecule has 0 aromatic carbocycles. The molecule has 2 heteroatoms. The van der Waals surface area contributed by atoms with Crippen LogP contribution in [0.1, 0.15) is 52.4 Å². The zero-order valence-corrected chi connectivity index (χ0v) is 9.31. The molecule has 0 unspecified atom stereocenters. The van der Waals surface area contributed by atoms with Gasteiger partial charge in [0.1, 0.15) is 0 Å². The molecule has 0 aliphatic rings. The summed E-state index contributed by atoms with van der Waals surface area (Å²) in [6, 6.07) is 0.482. The van der Waals surface area contributed by atoms with Gasteiger partial charge in [-0.15, -0.1) is 0 Å². The SMILES string of the molecule is CCCCCCCCN[C@H](C)CN. The van der Waals surface area contributed by atoms with Gasteiger partial charge in [-0.3, -0.25) is 0 Å². The summed E-state index contributed by atoms with van der Waals surface area (Å²) in [4.78, 5) is 0. The Morgan fingerprint density at radius 1 is 1.08 bits per heavy atom. The minimum Gasteiger partial charge on any atom is -0.329 e. The maximum atomic E-state index is 5.49. The van der Waals surface area contributed by atoms with Crippen molar-refractivity contribution in [1.29, 1.82) is 0 Å². The average Bonchev–Trinajstić information content (AvgIpc) is 2.16. The van der Waals surface area contributed by atoms with E-state index in [1.807, 2.05) is 0 Å². The van der Waals surface area contributed by atoms with E-state index in [0.717, 1.165) is 13.1 Å². The molecule has 0 bridgehead atoms. The van der Waals surface area contributed by atoms with Crippen molar-refractivity contribution in [2.45, 2.75) is 58.4 Å². The molecule has 3 N–H and O–H groups in total. The molecule has 0 heterocycles. The third-order valence-corrected chi connectivity index (χ3v) is 2.38. The van der Waals surface area contributed by atoms with Crippen LogP contribution in [0.5, 0.6) is 0 Å². The standard InChI is InChI=1S/C11H26N2/c1-3-4-5-6-7-8-9-13-11(2)10-12/h11,13H,3-10,12H2,1-2H3/t11-/m1/s1. The van der Waals surface area contributed by atoms with Crippen molar-refractivity contribution in [1.82, 2.24) is 5.32 Å². The van der Waals surface area contributed by atoms with E-state index in [1.165, 1.54) is 38.5 Å². The van der Waals surface area contributed by atoms with Crippen LogP contribution in [0.3, 0.4) is 0 Å². The topological polar surface area (TPSA) is 38.0 Å². The summed E-state index contributed by atoms with van der Waals surface area (Å²) in [6.45, 7) is 6.27. The van der Waals surface area contributed by atoms with E-state index >= 15 is 0 Å². The second-order valence-corrected chi connectivity index (χ2v) is 3.86. The molecular formula is C11H26N2. The van der Waals surface area contributed by atoms with E-state index in [4.69, 9.17) is 5.73 Å². The highest BCUT2D eigenvalue weighted by Crippen LogP contribution is 2.03. The molecule has 0 saturated heterocycles. The summed E-state index contributed by atoms with van der Waals surface area (Å²) in [5, 5.41) is 3.40. The van der Waals surface area contributed by atoms with E-state index in [-0.39, 0.29) is 0 Å². The Balaban J connectivity index is 2.91. The quantitative estimate of drug-likeness (QED) is 0.542. The lowest BCUT2D eigenvalue weighted by molar-refractivity contribution is 0.518. The molecule has 0 saturated carbocycles. The number of rotatable bonds is 9. The number of hydrogen-bond donors (Lipinski definition) is 2. The van der Waals surface area contributed by atoms with Gasteiger partial charge in [0.2, 0.25) is 0 Å². The number of hydrogen-bond acceptors (Lipinski definition) is 2. The number of nitrogens with two attached hydrogens (primary N) is 1. The Morgan fingerprint density at radius 3 is 2.31 bits per heavy atom. The van der Waals surface area contributed by atoms with E-state index in [2.05, 4.69) is 19.2 Å². The number of nitrogens with one attached hydrogen (secondary N) is 1. The molecule has 0 aliphatic heterocycles. The first-order valence-electron chi connectivity index (χ1n) is 5.74. The molecule has 13 heavy (non-hydrogen) atoms. The first-order chi connectivity index (χ1) is 6.31. The normalized spacial score (nSPS) is 13.2. The first-order valence-corrected chi connectivity index (χ1v) is 5.74. The monoisotopic (exact) mass is 186 g/mol. The summed E-state index contributed by atoms with van der Waals surface area (Å²) in [5.41, 5.74) is 5.49. The van der Waals surface area contributed by atoms with Crippen molar-refractivity contribution in [3.8, 4) is 0 Å². The summed E-state index contributed by atoms with van der Waals surface area (Å²) < 4.78 is 0. The lowest BCUT2D eigenvalue weighted by Crippen LogP contribution is -2.33. The van der Waals surface area contributed by atoms with Crippen LogP contribution in [0.25, 0.3) is 0 Å². The maximum Gasteiger partial charge on any atom is 0.0161 e. The highest BCUT2D eigenvalue weighted by Gasteiger charge is 1.95. The summed E-state index contributed by atoms with van der Waals surface area (Å²) in [5.74, 6) is 0. The summed E-state index contributed by atoms with van der Waals surface area (Å²) in [7, 11) is 0. The van der Waals surface area contributed by atoms with Gasteiger partial charge in [-0.2, -0.15) is 0 Å². The van der Waals surface area contributed by atoms with Gasteiger partial charge in [0.25, 0.3) is 0 Å². The summed E-state index contributed by atoms with van der Waals surface area (Å²) >= 11 is 0. The minimum absolute atomic E-state index is 0.482. The second kappa shape index (κ2) is 10.0. The van der Waals surface area contributed by atoms with E-state index in [1.54, 1.807) is 0 Å². The molecule has 0 aromatic rings. The smallest absolute Gasteiger partial charge is 0.0161 e. The van der Waals surface area contributed by atoms with Crippen molar-refractivity contribution in [3.63, 3.8) is 0 Å². The third-order valence-electron chi connectivity index (χ3n) is 2.38. The largest absolute Gasteiger partial charge is 0.329 e. The predicted molar refractivity (Wildman–Crippen MR) is 59.9 cm³/mol. The molecule has 0 aromatic heterocycles. The fourth-order valence-electron chi connectivity index (χ4n) is 1.34. The molecule has 0 radical (unpaired) electrons. The van der Waals surface area contributed by atoms with Gasteiger partial charge in [0.15, 0.2) is 0 Å². The molecular weight excluding hydrogens is 160 g/mol. The Morgan fingerprint density at radius 2 is 1.69 bits per heavy atom. The molecule has 0 amide bonds. The first kappa shape index (κ1) is 12.9. The van der Waals surface area contributed by atoms with Crippen molar-refractivity contribution >= 4 is 0 Å². The lowest BCUT2D eigenvalue weighted by Gasteiger charge is -2.10. The maximum absolute atomic E-state index is 5.49. The van der Waals surface area contributed by atoms with Crippen LogP contribution in [-0.2, 0) is 0 Å². The van der Waals surface area contributed by atoms with Crippen LogP contribution in [0, 0.1) is 0 Å². The van der Waals surface area contributed by atoms with Crippen LogP contribution in [0.4, 0.5) is 0 Å². The Hall–Kier alpha value is -0.0800. The second-order valence-electron chi connectivity index (χ2n) is 3.86. The fourth-order valence-corrected chi connectivity index (χ4v) is 1.34. The van der Waals surface area contributed by atoms with Gasteiger partial charge < -0.3 is 11.1 Å². The highest BCUT2D eigenvalue weighted by molar-refractivity contribution is 4.59. The highest BCUT2D eigenvalue weighted by atomic mass is 14.9. The van der Waals surface area contributed by atoms with E-state index in [9.17, 15) is 0 Å². The van der Waals surface area contributed by atoms with Crippen molar-refractivity contribution in [2.24, 2.45) is 5.73 Å². The van der Waals surface area contributed by atoms with Gasteiger partial charge in [-0.25, -0.2) is 0 Å². The van der Waals surface area contributed by atoms with Crippen LogP contribution >= 0.6 is 0 Å². The molecule has 0 aliphatic carbocycles. The molecule has 1 atom stereocenters. The van der Waals surface area contributed by atoms with E-state index < -0.39 is 0 Å². The van der Waals surface area contributed by atoms with Gasteiger partial charge in [-0.05, 0) is 19.9 Å². The van der Waals surface area contributed by atoms with Crippen molar-refractivity contribution < 1.29 is 0 Å². The minimum atomic E-state index is 0.482. The van der Waals surface area contributed by atoms with Gasteiger partial charge >= 0.3 is 0 Å². The third kappa shape index (κ3) is 9.84. The molecule has 0 rings (SSSR count). The summed E-state index contributed by atoms with van der Waals surface area (Å²) in [6.07, 6.45) is 8.20. The average molecular weight is 186 g/mol. The Kier molecular flexibility index (Phi) is 9.94. The van der Waals surface area contributed by atoms with Crippen LogP contribution < -0.4 is 11.1 Å². The van der Waals surface area contributed by atoms with Crippen molar-refractivity contribution in [3.05, 3.63) is 0 Å². The molecule has 2 nitrogen and oxygen atoms in total. The molecule has 0 spiro atoms. The predicted octanol–water partition coefficient (Wildman–Crippen LogP) is 2.28. The van der Waals surface area contributed by atoms with Crippen LogP contribution in [-0.4, -0.2) is 19.1 Å².